The normalized spacial score (nSPS) is 43.7. The van der Waals surface area contributed by atoms with E-state index in [1.54, 1.807) is 7.11 Å². The van der Waals surface area contributed by atoms with E-state index in [1.807, 2.05) is 12.1 Å². The number of carbonyl (C=O) groups is 1. The molecule has 4 bridgehead atoms. The van der Waals surface area contributed by atoms with Crippen molar-refractivity contribution in [3.05, 3.63) is 35.9 Å². The second kappa shape index (κ2) is 4.52. The van der Waals surface area contributed by atoms with Crippen LogP contribution in [0.5, 0.6) is 11.5 Å². The van der Waals surface area contributed by atoms with Crippen molar-refractivity contribution in [2.75, 3.05) is 26.9 Å². The Bertz CT molecular complexity index is 866. The first-order chi connectivity index (χ1) is 12.6. The molecule has 0 aromatic heterocycles. The summed E-state index contributed by atoms with van der Waals surface area (Å²) in [5.41, 5.74) is 1.89. The molecule has 5 atom stereocenters. The Kier molecular flexibility index (Phi) is 2.65. The molecule has 6 rings (SSSR count). The number of Topliss-reactive ketones (excluding diaryl/α,β-unsaturated/α-hetero) is 1. The van der Waals surface area contributed by atoms with E-state index >= 15 is 0 Å². The van der Waals surface area contributed by atoms with Gasteiger partial charge >= 0.3 is 0 Å². The van der Waals surface area contributed by atoms with Gasteiger partial charge in [0.1, 0.15) is 11.6 Å². The summed E-state index contributed by atoms with van der Waals surface area (Å²) in [7, 11) is 1.67. The van der Waals surface area contributed by atoms with Crippen LogP contribution in [0, 0.1) is 0 Å². The maximum absolute atomic E-state index is 13.0. The van der Waals surface area contributed by atoms with Gasteiger partial charge in [-0.1, -0.05) is 12.6 Å². The summed E-state index contributed by atoms with van der Waals surface area (Å²) in [6.45, 7) is 6.68. The number of ether oxygens (including phenoxy) is 3. The van der Waals surface area contributed by atoms with E-state index in [-0.39, 0.29) is 16.8 Å². The van der Waals surface area contributed by atoms with Gasteiger partial charge in [-0.05, 0) is 24.1 Å². The van der Waals surface area contributed by atoms with Crippen LogP contribution in [-0.2, 0) is 21.4 Å². The zero-order valence-electron chi connectivity index (χ0n) is 15.1. The largest absolute Gasteiger partial charge is 0.493 e. The van der Waals surface area contributed by atoms with Crippen LogP contribution >= 0.6 is 0 Å². The van der Waals surface area contributed by atoms with Crippen LogP contribution in [0.25, 0.3) is 0 Å². The second-order valence-electron chi connectivity index (χ2n) is 8.61. The first-order valence-corrected chi connectivity index (χ1v) is 9.62. The number of hydrogen-bond acceptors (Lipinski definition) is 4. The summed E-state index contributed by atoms with van der Waals surface area (Å²) in [6.07, 6.45) is 4.87. The van der Waals surface area contributed by atoms with Gasteiger partial charge < -0.3 is 14.2 Å². The smallest absolute Gasteiger partial charge is 0.184 e. The van der Waals surface area contributed by atoms with Gasteiger partial charge in [0.05, 0.1) is 25.6 Å². The van der Waals surface area contributed by atoms with Crippen LogP contribution in [0.3, 0.4) is 0 Å². The molecule has 3 heterocycles. The Morgan fingerprint density at radius 3 is 3.12 bits per heavy atom. The first kappa shape index (κ1) is 15.2. The number of nitrogens with zero attached hydrogens (tertiary/aromatic N) is 1. The monoisotopic (exact) mass is 354 g/mol. The molecule has 1 aromatic rings. The minimum absolute atomic E-state index is 0.222. The van der Waals surface area contributed by atoms with Gasteiger partial charge in [0.2, 0.25) is 0 Å². The molecule has 5 aliphatic rings. The Labute approximate surface area is 153 Å². The number of rotatable bonds is 3. The van der Waals surface area contributed by atoms with E-state index in [0.717, 1.165) is 55.1 Å². The molecule has 5 unspecified atom stereocenters. The molecule has 5 heteroatoms. The van der Waals surface area contributed by atoms with E-state index in [9.17, 15) is 4.79 Å². The van der Waals surface area contributed by atoms with Crippen LogP contribution in [0.4, 0.5) is 0 Å². The summed E-state index contributed by atoms with van der Waals surface area (Å²) in [4.78, 5) is 13.0. The van der Waals surface area contributed by atoms with Gasteiger partial charge in [-0.25, -0.2) is 0 Å². The van der Waals surface area contributed by atoms with Gasteiger partial charge in [-0.3, -0.25) is 9.28 Å². The van der Waals surface area contributed by atoms with E-state index in [1.165, 1.54) is 11.1 Å². The van der Waals surface area contributed by atoms with Crippen LogP contribution < -0.4 is 9.47 Å². The van der Waals surface area contributed by atoms with Crippen molar-refractivity contribution in [3.8, 4) is 11.5 Å². The number of hydrogen-bond donors (Lipinski definition) is 0. The molecule has 2 aliphatic carbocycles. The standard InChI is InChI=1S/C21H24NO4/c1-3-9-22-10-8-20-17-13-4-5-15(24-2)18(17)26-19(20)14(23)6-7-21(20,25-12-22)16(22)11-13/h3-5,16,19H,1,6-12H2,2H3/q+1. The minimum atomic E-state index is -0.423. The zero-order chi connectivity index (χ0) is 17.7. The van der Waals surface area contributed by atoms with Gasteiger partial charge in [-0.15, -0.1) is 0 Å². The molecular weight excluding hydrogens is 330 g/mol. The van der Waals surface area contributed by atoms with Crippen LogP contribution in [0.2, 0.25) is 0 Å². The third-order valence-electron chi connectivity index (χ3n) is 7.98. The summed E-state index contributed by atoms with van der Waals surface area (Å²) in [5.74, 6) is 1.76. The highest BCUT2D eigenvalue weighted by atomic mass is 16.6. The lowest BCUT2D eigenvalue weighted by atomic mass is 9.49. The summed E-state index contributed by atoms with van der Waals surface area (Å²) >= 11 is 0. The SMILES string of the molecule is C=CC[N+]12CCC34c5c6ccc(OC)c5OC3C(=O)CCC4(OC1)C2C6. The molecule has 2 spiro atoms. The third kappa shape index (κ3) is 1.34. The lowest BCUT2D eigenvalue weighted by Crippen LogP contribution is -2.77. The number of benzene rings is 1. The van der Waals surface area contributed by atoms with Crippen molar-refractivity contribution in [3.63, 3.8) is 0 Å². The van der Waals surface area contributed by atoms with Crippen LogP contribution in [0.1, 0.15) is 30.4 Å². The number of carbonyl (C=O) groups excluding carboxylic acids is 1. The fourth-order valence-electron chi connectivity index (χ4n) is 7.05. The molecule has 5 nitrogen and oxygen atoms in total. The van der Waals surface area contributed by atoms with Crippen molar-refractivity contribution < 1.29 is 23.5 Å². The predicted octanol–water partition coefficient (Wildman–Crippen LogP) is 2.11. The second-order valence-corrected chi connectivity index (χ2v) is 8.61. The third-order valence-corrected chi connectivity index (χ3v) is 7.98. The molecule has 1 saturated carbocycles. The molecule has 0 amide bonds. The molecule has 26 heavy (non-hydrogen) atoms. The van der Waals surface area contributed by atoms with Crippen molar-refractivity contribution in [1.29, 1.82) is 0 Å². The van der Waals surface area contributed by atoms with Crippen LogP contribution in [0.15, 0.2) is 24.8 Å². The number of ketones is 1. The van der Waals surface area contributed by atoms with E-state index in [2.05, 4.69) is 12.6 Å². The average molecular weight is 354 g/mol. The van der Waals surface area contributed by atoms with Gasteiger partial charge in [0.25, 0.3) is 0 Å². The molecule has 2 saturated heterocycles. The number of piperidine rings is 1. The summed E-state index contributed by atoms with van der Waals surface area (Å²) in [5, 5.41) is 0. The lowest BCUT2D eigenvalue weighted by Gasteiger charge is -2.60. The Balaban J connectivity index is 1.67. The highest BCUT2D eigenvalue weighted by molar-refractivity contribution is 5.90. The summed E-state index contributed by atoms with van der Waals surface area (Å²) < 4.78 is 19.6. The first-order valence-electron chi connectivity index (χ1n) is 9.62. The lowest BCUT2D eigenvalue weighted by molar-refractivity contribution is -0.947. The van der Waals surface area contributed by atoms with E-state index in [0.29, 0.717) is 12.5 Å². The molecule has 136 valence electrons. The minimum Gasteiger partial charge on any atom is -0.493 e. The van der Waals surface area contributed by atoms with Crippen molar-refractivity contribution in [1.82, 2.24) is 0 Å². The zero-order valence-corrected chi connectivity index (χ0v) is 15.1. The van der Waals surface area contributed by atoms with Crippen molar-refractivity contribution >= 4 is 5.78 Å². The highest BCUT2D eigenvalue weighted by Gasteiger charge is 2.80. The highest BCUT2D eigenvalue weighted by Crippen LogP contribution is 2.69. The molecule has 0 N–H and O–H groups in total. The van der Waals surface area contributed by atoms with E-state index < -0.39 is 6.10 Å². The average Bonchev–Trinajstić information content (AvgIpc) is 3.10. The fourth-order valence-corrected chi connectivity index (χ4v) is 7.05. The topological polar surface area (TPSA) is 44.8 Å². The Morgan fingerprint density at radius 1 is 1.42 bits per heavy atom. The molecule has 3 aliphatic heterocycles. The van der Waals surface area contributed by atoms with Gasteiger partial charge in [0.15, 0.2) is 30.1 Å². The van der Waals surface area contributed by atoms with E-state index in [4.69, 9.17) is 14.2 Å². The predicted molar refractivity (Wildman–Crippen MR) is 94.3 cm³/mol. The summed E-state index contributed by atoms with van der Waals surface area (Å²) in [6, 6.07) is 4.55. The maximum atomic E-state index is 13.0. The van der Waals surface area contributed by atoms with Crippen molar-refractivity contribution in [2.24, 2.45) is 0 Å². The Morgan fingerprint density at radius 2 is 2.31 bits per heavy atom. The fraction of sp³-hybridized carbons (Fsp3) is 0.571. The van der Waals surface area contributed by atoms with Crippen LogP contribution in [-0.4, -0.2) is 54.9 Å². The number of quaternary nitrogens is 1. The molecular formula is C21H24NO4+. The molecule has 3 fully saturated rings. The quantitative estimate of drug-likeness (QED) is 0.616. The van der Waals surface area contributed by atoms with Gasteiger partial charge in [-0.2, -0.15) is 0 Å². The Hall–Kier alpha value is -1.85. The maximum Gasteiger partial charge on any atom is 0.184 e. The van der Waals surface area contributed by atoms with Crippen molar-refractivity contribution in [2.45, 2.75) is 48.8 Å². The van der Waals surface area contributed by atoms with Gasteiger partial charge in [0, 0.05) is 24.8 Å². The number of methoxy groups -OCH3 is 1. The molecule has 0 radical (unpaired) electrons. The molecule has 1 aromatic carbocycles.